The van der Waals surface area contributed by atoms with Crippen LogP contribution in [0, 0.1) is 34.5 Å². The third-order valence-electron chi connectivity index (χ3n) is 8.15. The van der Waals surface area contributed by atoms with Gasteiger partial charge in [0.2, 0.25) is 0 Å². The maximum atomic E-state index is 12.5. The van der Waals surface area contributed by atoms with E-state index in [-0.39, 0.29) is 16.9 Å². The van der Waals surface area contributed by atoms with E-state index in [1.807, 2.05) is 0 Å². The van der Waals surface area contributed by atoms with E-state index in [1.54, 1.807) is 0 Å². The predicted molar refractivity (Wildman–Crippen MR) is 87.3 cm³/mol. The van der Waals surface area contributed by atoms with Gasteiger partial charge in [0.15, 0.2) is 0 Å². The Morgan fingerprint density at radius 2 is 1.77 bits per heavy atom. The molecule has 4 rings (SSSR count). The summed E-state index contributed by atoms with van der Waals surface area (Å²) in [5.74, 6) is 3.24. The molecule has 4 aliphatic rings. The van der Waals surface area contributed by atoms with Crippen LogP contribution < -0.4 is 0 Å². The Morgan fingerprint density at radius 3 is 2.55 bits per heavy atom. The van der Waals surface area contributed by atoms with Crippen LogP contribution in [0.2, 0.25) is 0 Å². The second-order valence-electron chi connectivity index (χ2n) is 9.11. The second kappa shape index (κ2) is 4.69. The molecule has 4 aliphatic carbocycles. The summed E-state index contributed by atoms with van der Waals surface area (Å²) in [6.45, 7) is 7.11. The highest BCUT2D eigenvalue weighted by atomic mass is 16.3. The van der Waals surface area contributed by atoms with Gasteiger partial charge in [0, 0.05) is 11.8 Å². The molecule has 2 unspecified atom stereocenters. The number of ketones is 1. The van der Waals surface area contributed by atoms with Gasteiger partial charge >= 0.3 is 0 Å². The number of fused-ring (bicyclic) bond motifs is 5. The summed E-state index contributed by atoms with van der Waals surface area (Å²) < 4.78 is 0. The first kappa shape index (κ1) is 14.9. The Hall–Kier alpha value is -0.630. The minimum Gasteiger partial charge on any atom is -0.389 e. The highest BCUT2D eigenvalue weighted by molar-refractivity contribution is 5.87. The van der Waals surface area contributed by atoms with Crippen LogP contribution in [0.1, 0.15) is 65.7 Å². The molecule has 3 saturated carbocycles. The fourth-order valence-corrected chi connectivity index (χ4v) is 6.83. The zero-order valence-electron chi connectivity index (χ0n) is 14.3. The van der Waals surface area contributed by atoms with Crippen molar-refractivity contribution in [3.05, 3.63) is 11.6 Å². The fraction of sp³-hybridized carbons (Fsp3) is 0.850. The van der Waals surface area contributed by atoms with Crippen molar-refractivity contribution < 1.29 is 9.90 Å². The lowest BCUT2D eigenvalue weighted by molar-refractivity contribution is -0.134. The third kappa shape index (κ3) is 1.79. The monoisotopic (exact) mass is 302 g/mol. The third-order valence-corrected chi connectivity index (χ3v) is 8.15. The van der Waals surface area contributed by atoms with E-state index in [4.69, 9.17) is 0 Å². The molecule has 0 aromatic rings. The Balaban J connectivity index is 1.74. The lowest BCUT2D eigenvalue weighted by Crippen LogP contribution is -2.53. The first-order valence-corrected chi connectivity index (χ1v) is 9.29. The smallest absolute Gasteiger partial charge is 0.139 e. The first-order chi connectivity index (χ1) is 10.4. The molecule has 0 saturated heterocycles. The predicted octanol–water partition coefficient (Wildman–Crippen LogP) is 4.13. The number of carbonyl (C=O) groups excluding carboxylic acids is 1. The molecule has 22 heavy (non-hydrogen) atoms. The molecule has 7 atom stereocenters. The molecule has 1 N–H and O–H groups in total. The lowest BCUT2D eigenvalue weighted by Gasteiger charge is -2.59. The Labute approximate surface area is 134 Å². The number of aliphatic hydroxyl groups excluding tert-OH is 1. The lowest BCUT2D eigenvalue weighted by atomic mass is 9.45. The molecule has 0 amide bonds. The van der Waals surface area contributed by atoms with Crippen molar-refractivity contribution in [3.8, 4) is 0 Å². The number of Topliss-reactive ketones (excluding diaryl/α,β-unsaturated/α-hetero) is 1. The Bertz CT molecular complexity index is 536. The molecule has 0 aromatic heterocycles. The van der Waals surface area contributed by atoms with Crippen LogP contribution in [0.25, 0.3) is 0 Å². The molecule has 2 heteroatoms. The first-order valence-electron chi connectivity index (χ1n) is 9.29. The summed E-state index contributed by atoms with van der Waals surface area (Å²) in [6, 6.07) is 0. The highest BCUT2D eigenvalue weighted by Gasteiger charge is 2.60. The zero-order chi connectivity index (χ0) is 15.7. The standard InChI is InChI=1S/C20H30O2/c1-12-10-13-11-14(21)6-8-19(13,2)16-7-9-20(3)15(18(12)16)4-5-17(20)22/h11-12,14-16,18,21H,4-10H2,1-3H3/t12?,14?,15-,16+,18-,19-,20-/m0/s1. The molecule has 0 spiro atoms. The Kier molecular flexibility index (Phi) is 3.18. The van der Waals surface area contributed by atoms with Crippen LogP contribution in [-0.2, 0) is 4.79 Å². The van der Waals surface area contributed by atoms with Crippen molar-refractivity contribution in [1.82, 2.24) is 0 Å². The van der Waals surface area contributed by atoms with Gasteiger partial charge in [-0.2, -0.15) is 0 Å². The Morgan fingerprint density at radius 1 is 1.09 bits per heavy atom. The fourth-order valence-electron chi connectivity index (χ4n) is 6.83. The number of hydrogen-bond donors (Lipinski definition) is 1. The van der Waals surface area contributed by atoms with Gasteiger partial charge < -0.3 is 5.11 Å². The van der Waals surface area contributed by atoms with Crippen LogP contribution in [0.4, 0.5) is 0 Å². The topological polar surface area (TPSA) is 37.3 Å². The second-order valence-corrected chi connectivity index (χ2v) is 9.11. The number of carbonyl (C=O) groups is 1. The SMILES string of the molecule is CC1CC2=CC(O)CC[C@]2(C)[C@@H]2CC[C@]3(C)C(=O)CC[C@H]3[C@H]12. The van der Waals surface area contributed by atoms with Crippen LogP contribution >= 0.6 is 0 Å². The van der Waals surface area contributed by atoms with Crippen LogP contribution in [0.3, 0.4) is 0 Å². The molecule has 0 aliphatic heterocycles. The van der Waals surface area contributed by atoms with E-state index in [9.17, 15) is 9.90 Å². The van der Waals surface area contributed by atoms with E-state index >= 15 is 0 Å². The summed E-state index contributed by atoms with van der Waals surface area (Å²) in [5, 5.41) is 10.0. The van der Waals surface area contributed by atoms with Crippen LogP contribution in [-0.4, -0.2) is 17.0 Å². The molecule has 122 valence electrons. The summed E-state index contributed by atoms with van der Waals surface area (Å²) in [5.41, 5.74) is 1.78. The van der Waals surface area contributed by atoms with Crippen molar-refractivity contribution >= 4 is 5.78 Å². The molecular formula is C20H30O2. The quantitative estimate of drug-likeness (QED) is 0.683. The van der Waals surface area contributed by atoms with Gasteiger partial charge in [-0.25, -0.2) is 0 Å². The number of hydrogen-bond acceptors (Lipinski definition) is 2. The van der Waals surface area contributed by atoms with Crippen LogP contribution in [0.5, 0.6) is 0 Å². The van der Waals surface area contributed by atoms with Gasteiger partial charge in [0.1, 0.15) is 5.78 Å². The zero-order valence-corrected chi connectivity index (χ0v) is 14.3. The van der Waals surface area contributed by atoms with Crippen molar-refractivity contribution in [2.75, 3.05) is 0 Å². The largest absolute Gasteiger partial charge is 0.389 e. The number of allylic oxidation sites excluding steroid dienone is 1. The number of aliphatic hydroxyl groups is 1. The van der Waals surface area contributed by atoms with E-state index in [0.717, 1.165) is 44.4 Å². The summed E-state index contributed by atoms with van der Waals surface area (Å²) in [4.78, 5) is 12.5. The van der Waals surface area contributed by atoms with Gasteiger partial charge in [0.25, 0.3) is 0 Å². The van der Waals surface area contributed by atoms with Gasteiger partial charge in [-0.1, -0.05) is 32.4 Å². The van der Waals surface area contributed by atoms with E-state index < -0.39 is 0 Å². The van der Waals surface area contributed by atoms with Crippen molar-refractivity contribution in [1.29, 1.82) is 0 Å². The average molecular weight is 302 g/mol. The van der Waals surface area contributed by atoms with E-state index in [1.165, 1.54) is 12.0 Å². The molecule has 0 bridgehead atoms. The highest BCUT2D eigenvalue weighted by Crippen LogP contribution is 2.65. The molecule has 0 aromatic carbocycles. The van der Waals surface area contributed by atoms with Gasteiger partial charge in [-0.05, 0) is 67.6 Å². The maximum absolute atomic E-state index is 12.5. The molecule has 3 fully saturated rings. The van der Waals surface area contributed by atoms with Crippen molar-refractivity contribution in [2.24, 2.45) is 34.5 Å². The van der Waals surface area contributed by atoms with Gasteiger partial charge in [-0.3, -0.25) is 4.79 Å². The van der Waals surface area contributed by atoms with E-state index in [2.05, 4.69) is 26.8 Å². The normalized spacial score (nSPS) is 54.3. The summed E-state index contributed by atoms with van der Waals surface area (Å²) >= 11 is 0. The summed E-state index contributed by atoms with van der Waals surface area (Å²) in [6.07, 6.45) is 9.36. The van der Waals surface area contributed by atoms with Crippen molar-refractivity contribution in [2.45, 2.75) is 71.8 Å². The van der Waals surface area contributed by atoms with Crippen molar-refractivity contribution in [3.63, 3.8) is 0 Å². The minimum atomic E-state index is -0.228. The molecular weight excluding hydrogens is 272 g/mol. The van der Waals surface area contributed by atoms with Gasteiger partial charge in [0.05, 0.1) is 6.10 Å². The van der Waals surface area contributed by atoms with Gasteiger partial charge in [-0.15, -0.1) is 0 Å². The van der Waals surface area contributed by atoms with Crippen LogP contribution in [0.15, 0.2) is 11.6 Å². The number of rotatable bonds is 0. The molecule has 0 radical (unpaired) electrons. The minimum absolute atomic E-state index is 0.0266. The summed E-state index contributed by atoms with van der Waals surface area (Å²) in [7, 11) is 0. The van der Waals surface area contributed by atoms with E-state index in [0.29, 0.717) is 23.5 Å². The average Bonchev–Trinajstić information content (AvgIpc) is 2.77. The maximum Gasteiger partial charge on any atom is 0.139 e. The molecule has 2 nitrogen and oxygen atoms in total. The molecule has 0 heterocycles.